The molecule has 0 bridgehead atoms. The molecule has 2 aromatic rings. The summed E-state index contributed by atoms with van der Waals surface area (Å²) in [6.07, 6.45) is 2.37. The second-order valence-electron chi connectivity index (χ2n) is 8.07. The lowest BCUT2D eigenvalue weighted by Crippen LogP contribution is -2.38. The van der Waals surface area contributed by atoms with E-state index in [0.717, 1.165) is 40.6 Å². The van der Waals surface area contributed by atoms with Crippen molar-refractivity contribution in [2.24, 2.45) is 0 Å². The third-order valence-electron chi connectivity index (χ3n) is 5.49. The van der Waals surface area contributed by atoms with Gasteiger partial charge in [0.05, 0.1) is 6.04 Å². The fourth-order valence-electron chi connectivity index (χ4n) is 3.88. The van der Waals surface area contributed by atoms with Crippen LogP contribution in [0.5, 0.6) is 5.75 Å². The Bertz CT molecular complexity index is 831. The van der Waals surface area contributed by atoms with Gasteiger partial charge in [0, 0.05) is 11.6 Å². The number of rotatable bonds is 8. The van der Waals surface area contributed by atoms with Crippen molar-refractivity contribution >= 4 is 17.5 Å². The number of likely N-dealkylation sites (tertiary alicyclic amines) is 1. The van der Waals surface area contributed by atoms with Crippen LogP contribution in [0, 0.1) is 6.92 Å². The largest absolute Gasteiger partial charge is 0.483 e. The van der Waals surface area contributed by atoms with Gasteiger partial charge in [-0.1, -0.05) is 55.8 Å². The van der Waals surface area contributed by atoms with Gasteiger partial charge >= 0.3 is 0 Å². The van der Waals surface area contributed by atoms with Gasteiger partial charge in [-0.2, -0.15) is 0 Å². The molecule has 0 aliphatic carbocycles. The van der Waals surface area contributed by atoms with Crippen LogP contribution in [0.3, 0.4) is 0 Å². The van der Waals surface area contributed by atoms with Gasteiger partial charge in [-0.05, 0) is 67.6 Å². The monoisotopic (exact) mass is 414 g/mol. The summed E-state index contributed by atoms with van der Waals surface area (Å²) in [5.74, 6) is 1.02. The average molecular weight is 415 g/mol. The first-order valence-electron chi connectivity index (χ1n) is 10.4. The summed E-state index contributed by atoms with van der Waals surface area (Å²) in [7, 11) is 0. The quantitative estimate of drug-likeness (QED) is 0.653. The van der Waals surface area contributed by atoms with Crippen molar-refractivity contribution in [1.29, 1.82) is 0 Å². The maximum Gasteiger partial charge on any atom is 0.258 e. The minimum atomic E-state index is -0.113. The van der Waals surface area contributed by atoms with Gasteiger partial charge in [-0.25, -0.2) is 0 Å². The Balaban J connectivity index is 1.62. The van der Waals surface area contributed by atoms with Crippen molar-refractivity contribution in [2.45, 2.75) is 45.6 Å². The highest BCUT2D eigenvalue weighted by atomic mass is 35.5. The molecule has 3 rings (SSSR count). The van der Waals surface area contributed by atoms with Crippen LogP contribution in [-0.2, 0) is 4.79 Å². The molecule has 0 radical (unpaired) electrons. The lowest BCUT2D eigenvalue weighted by Gasteiger charge is -2.29. The number of amides is 1. The molecule has 1 atom stereocenters. The second kappa shape index (κ2) is 10.1. The number of hydrogen-bond donors (Lipinski definition) is 1. The minimum Gasteiger partial charge on any atom is -0.483 e. The highest BCUT2D eigenvalue weighted by molar-refractivity contribution is 6.31. The first-order valence-corrected chi connectivity index (χ1v) is 10.8. The van der Waals surface area contributed by atoms with E-state index in [-0.39, 0.29) is 18.6 Å². The number of carbonyl (C=O) groups is 1. The molecule has 1 N–H and O–H groups in total. The van der Waals surface area contributed by atoms with Crippen LogP contribution in [-0.4, -0.2) is 37.0 Å². The molecular formula is C24H31ClN2O2. The van der Waals surface area contributed by atoms with Gasteiger partial charge in [0.15, 0.2) is 6.61 Å². The molecule has 1 heterocycles. The average Bonchev–Trinajstić information content (AvgIpc) is 3.22. The van der Waals surface area contributed by atoms with E-state index in [1.54, 1.807) is 0 Å². The summed E-state index contributed by atoms with van der Waals surface area (Å²) in [5, 5.41) is 3.80. The van der Waals surface area contributed by atoms with Crippen molar-refractivity contribution in [2.75, 3.05) is 26.2 Å². The van der Waals surface area contributed by atoms with E-state index in [1.807, 2.05) is 31.2 Å². The molecule has 1 aliphatic rings. The van der Waals surface area contributed by atoms with Gasteiger partial charge in [0.25, 0.3) is 5.91 Å². The third kappa shape index (κ3) is 5.74. The maximum atomic E-state index is 12.5. The number of nitrogens with zero attached hydrogens (tertiary/aromatic N) is 1. The number of benzene rings is 2. The third-order valence-corrected chi connectivity index (χ3v) is 5.83. The summed E-state index contributed by atoms with van der Waals surface area (Å²) in [6.45, 7) is 8.88. The van der Waals surface area contributed by atoms with Crippen LogP contribution in [0.4, 0.5) is 0 Å². The number of nitrogens with one attached hydrogen (secondary N) is 1. The van der Waals surface area contributed by atoms with Gasteiger partial charge in [0.1, 0.15) is 5.75 Å². The molecule has 1 saturated heterocycles. The lowest BCUT2D eigenvalue weighted by molar-refractivity contribution is -0.123. The maximum absolute atomic E-state index is 12.5. The molecular weight excluding hydrogens is 384 g/mol. The molecule has 29 heavy (non-hydrogen) atoms. The topological polar surface area (TPSA) is 41.6 Å². The van der Waals surface area contributed by atoms with E-state index in [9.17, 15) is 4.79 Å². The van der Waals surface area contributed by atoms with Crippen molar-refractivity contribution in [3.63, 3.8) is 0 Å². The van der Waals surface area contributed by atoms with E-state index >= 15 is 0 Å². The van der Waals surface area contributed by atoms with E-state index in [4.69, 9.17) is 16.3 Å². The summed E-state index contributed by atoms with van der Waals surface area (Å²) < 4.78 is 5.88. The first-order chi connectivity index (χ1) is 14.0. The highest BCUT2D eigenvalue weighted by Gasteiger charge is 2.25. The Hall–Kier alpha value is -2.04. The first kappa shape index (κ1) is 21.7. The van der Waals surface area contributed by atoms with Gasteiger partial charge < -0.3 is 10.1 Å². The Morgan fingerprint density at radius 3 is 2.55 bits per heavy atom. The van der Waals surface area contributed by atoms with E-state index in [1.165, 1.54) is 12.8 Å². The fourth-order valence-corrected chi connectivity index (χ4v) is 4.14. The number of halogens is 1. The molecule has 1 fully saturated rings. The zero-order valence-corrected chi connectivity index (χ0v) is 18.3. The Morgan fingerprint density at radius 2 is 1.86 bits per heavy atom. The van der Waals surface area contributed by atoms with Crippen molar-refractivity contribution in [3.8, 4) is 5.75 Å². The van der Waals surface area contributed by atoms with Crippen LogP contribution in [0.1, 0.15) is 55.3 Å². The van der Waals surface area contributed by atoms with E-state index in [0.29, 0.717) is 12.5 Å². The molecule has 0 aromatic heterocycles. The van der Waals surface area contributed by atoms with Gasteiger partial charge in [0.2, 0.25) is 0 Å². The predicted molar refractivity (Wildman–Crippen MR) is 119 cm³/mol. The van der Waals surface area contributed by atoms with Crippen LogP contribution in [0.2, 0.25) is 5.02 Å². The number of aryl methyl sites for hydroxylation is 1. The van der Waals surface area contributed by atoms with E-state index < -0.39 is 0 Å². The summed E-state index contributed by atoms with van der Waals surface area (Å²) in [5.41, 5.74) is 3.31. The number of ether oxygens (including phenoxy) is 1. The summed E-state index contributed by atoms with van der Waals surface area (Å²) in [4.78, 5) is 14.9. The van der Waals surface area contributed by atoms with Crippen molar-refractivity contribution in [1.82, 2.24) is 10.2 Å². The molecule has 0 spiro atoms. The minimum absolute atomic E-state index is 0.0123. The molecule has 0 unspecified atom stereocenters. The van der Waals surface area contributed by atoms with Crippen LogP contribution >= 0.6 is 11.6 Å². The number of carbonyl (C=O) groups excluding carboxylic acids is 1. The second-order valence-corrected chi connectivity index (χ2v) is 8.48. The van der Waals surface area contributed by atoms with Crippen LogP contribution in [0.25, 0.3) is 0 Å². The summed E-state index contributed by atoms with van der Waals surface area (Å²) in [6, 6.07) is 14.1. The molecule has 4 nitrogen and oxygen atoms in total. The van der Waals surface area contributed by atoms with Gasteiger partial charge in [-0.15, -0.1) is 0 Å². The predicted octanol–water partition coefficient (Wildman–Crippen LogP) is 5.10. The fraction of sp³-hybridized carbons (Fsp3) is 0.458. The van der Waals surface area contributed by atoms with Crippen molar-refractivity contribution < 1.29 is 9.53 Å². The molecule has 0 saturated carbocycles. The number of hydrogen-bond acceptors (Lipinski definition) is 3. The highest BCUT2D eigenvalue weighted by Crippen LogP contribution is 2.30. The Morgan fingerprint density at radius 1 is 1.14 bits per heavy atom. The normalized spacial score (nSPS) is 15.5. The lowest BCUT2D eigenvalue weighted by atomic mass is 10.0. The van der Waals surface area contributed by atoms with Crippen LogP contribution < -0.4 is 10.1 Å². The van der Waals surface area contributed by atoms with E-state index in [2.05, 4.69) is 42.3 Å². The molecule has 5 heteroatoms. The molecule has 1 aliphatic heterocycles. The van der Waals surface area contributed by atoms with Crippen molar-refractivity contribution in [3.05, 3.63) is 64.2 Å². The molecule has 156 valence electrons. The summed E-state index contributed by atoms with van der Waals surface area (Å²) >= 11 is 6.45. The standard InChI is InChI=1S/C24H31ClN2O2/c1-17(2)19-11-10-18(3)14-23(19)29-16-24(28)26-15-22(27-12-6-7-13-27)20-8-4-5-9-21(20)25/h4-5,8-11,14,17,22H,6-7,12-13,15-16H2,1-3H3,(H,26,28)/t22-/m1/s1. The zero-order chi connectivity index (χ0) is 20.8. The smallest absolute Gasteiger partial charge is 0.258 e. The molecule has 1 amide bonds. The van der Waals surface area contributed by atoms with Crippen LogP contribution in [0.15, 0.2) is 42.5 Å². The SMILES string of the molecule is Cc1ccc(C(C)C)c(OCC(=O)NC[C@H](c2ccccc2Cl)N2CCCC2)c1. The Kier molecular flexibility index (Phi) is 7.57. The van der Waals surface area contributed by atoms with Gasteiger partial charge in [-0.3, -0.25) is 9.69 Å². The molecule has 2 aromatic carbocycles. The Labute approximate surface area is 179 Å². The zero-order valence-electron chi connectivity index (χ0n) is 17.6.